The summed E-state index contributed by atoms with van der Waals surface area (Å²) >= 11 is 3.28. The third-order valence-corrected chi connectivity index (χ3v) is 3.54. The zero-order valence-corrected chi connectivity index (χ0v) is 13.0. The number of nitrogens with two attached hydrogens (primary N) is 1. The molecular formula is C15H13BrF2N2O. The zero-order valence-electron chi connectivity index (χ0n) is 11.4. The van der Waals surface area contributed by atoms with Gasteiger partial charge in [0.2, 0.25) is 0 Å². The van der Waals surface area contributed by atoms with Crippen LogP contribution >= 0.6 is 15.9 Å². The Kier molecular flexibility index (Phi) is 4.27. The van der Waals surface area contributed by atoms with Crippen molar-refractivity contribution in [3.05, 3.63) is 57.1 Å². The summed E-state index contributed by atoms with van der Waals surface area (Å²) in [4.78, 5) is 12.1. The molecule has 3 N–H and O–H groups in total. The lowest BCUT2D eigenvalue weighted by Crippen LogP contribution is -2.18. The largest absolute Gasteiger partial charge is 0.397 e. The first-order valence-electron chi connectivity index (χ1n) is 6.13. The lowest BCUT2D eigenvalue weighted by Gasteiger charge is -2.13. The molecule has 3 nitrogen and oxygen atoms in total. The maximum absolute atomic E-state index is 13.9. The van der Waals surface area contributed by atoms with Crippen LogP contribution in [0.5, 0.6) is 0 Å². The summed E-state index contributed by atoms with van der Waals surface area (Å²) in [5.41, 5.74) is 6.73. The van der Waals surface area contributed by atoms with Gasteiger partial charge in [-0.1, -0.05) is 22.0 Å². The Bertz CT molecular complexity index is 709. The summed E-state index contributed by atoms with van der Waals surface area (Å²) in [6, 6.07) is 5.69. The fraction of sp³-hybridized carbons (Fsp3) is 0.133. The second-order valence-corrected chi connectivity index (χ2v) is 5.61. The molecule has 0 spiro atoms. The summed E-state index contributed by atoms with van der Waals surface area (Å²) in [5, 5.41) is 2.47. The molecule has 0 aromatic heterocycles. The van der Waals surface area contributed by atoms with E-state index in [0.29, 0.717) is 16.9 Å². The average molecular weight is 355 g/mol. The number of nitrogen functional groups attached to an aromatic ring is 1. The van der Waals surface area contributed by atoms with Crippen LogP contribution in [-0.2, 0) is 0 Å². The second kappa shape index (κ2) is 5.81. The van der Waals surface area contributed by atoms with Crippen LogP contribution in [0, 0.1) is 25.5 Å². The van der Waals surface area contributed by atoms with Gasteiger partial charge in [0.1, 0.15) is 17.2 Å². The third-order valence-electron chi connectivity index (χ3n) is 3.08. The molecule has 0 aliphatic carbocycles. The van der Waals surface area contributed by atoms with E-state index in [-0.39, 0.29) is 5.56 Å². The number of hydrogen-bond acceptors (Lipinski definition) is 2. The average Bonchev–Trinajstić information content (AvgIpc) is 2.38. The lowest BCUT2D eigenvalue weighted by molar-refractivity contribution is 0.101. The first-order chi connectivity index (χ1) is 9.81. The van der Waals surface area contributed by atoms with Crippen molar-refractivity contribution in [1.82, 2.24) is 0 Å². The van der Waals surface area contributed by atoms with Crippen LogP contribution in [0.3, 0.4) is 0 Å². The molecule has 0 bridgehead atoms. The summed E-state index contributed by atoms with van der Waals surface area (Å²) in [6.45, 7) is 3.20. The quantitative estimate of drug-likeness (QED) is 0.794. The summed E-state index contributed by atoms with van der Waals surface area (Å²) < 4.78 is 28.4. The molecule has 2 aromatic rings. The topological polar surface area (TPSA) is 55.1 Å². The van der Waals surface area contributed by atoms with Crippen molar-refractivity contribution in [1.29, 1.82) is 0 Å². The molecule has 0 fully saturated rings. The smallest absolute Gasteiger partial charge is 0.261 e. The molecule has 0 unspecified atom stereocenters. The van der Waals surface area contributed by atoms with Crippen molar-refractivity contribution < 1.29 is 13.6 Å². The first kappa shape index (κ1) is 15.4. The van der Waals surface area contributed by atoms with Crippen molar-refractivity contribution in [2.75, 3.05) is 11.1 Å². The van der Waals surface area contributed by atoms with Crippen molar-refractivity contribution in [2.45, 2.75) is 13.8 Å². The number of aryl methyl sites for hydroxylation is 2. The Labute approximate surface area is 129 Å². The Balaban J connectivity index is 2.42. The predicted octanol–water partition coefficient (Wildman–Crippen LogP) is 4.18. The normalized spacial score (nSPS) is 10.5. The Hall–Kier alpha value is -1.95. The van der Waals surface area contributed by atoms with Crippen molar-refractivity contribution in [2.24, 2.45) is 0 Å². The molecule has 0 saturated carbocycles. The summed E-state index contributed by atoms with van der Waals surface area (Å²) in [6.07, 6.45) is 0. The van der Waals surface area contributed by atoms with Crippen molar-refractivity contribution in [3.63, 3.8) is 0 Å². The Morgan fingerprint density at radius 1 is 1.19 bits per heavy atom. The van der Waals surface area contributed by atoms with E-state index in [4.69, 9.17) is 5.73 Å². The number of carbonyl (C=O) groups is 1. The van der Waals surface area contributed by atoms with E-state index >= 15 is 0 Å². The maximum atomic E-state index is 13.9. The minimum Gasteiger partial charge on any atom is -0.397 e. The first-order valence-corrected chi connectivity index (χ1v) is 6.92. The van der Waals surface area contributed by atoms with Gasteiger partial charge in [0.05, 0.1) is 11.4 Å². The highest BCUT2D eigenvalue weighted by Gasteiger charge is 2.20. The van der Waals surface area contributed by atoms with E-state index in [9.17, 15) is 13.6 Å². The number of rotatable bonds is 2. The number of carbonyl (C=O) groups excluding carboxylic acids is 1. The van der Waals surface area contributed by atoms with Crippen LogP contribution in [-0.4, -0.2) is 5.91 Å². The van der Waals surface area contributed by atoms with Gasteiger partial charge in [0.15, 0.2) is 0 Å². The number of halogens is 3. The zero-order chi connectivity index (χ0) is 15.7. The van der Waals surface area contributed by atoms with Gasteiger partial charge in [0.25, 0.3) is 5.91 Å². The van der Waals surface area contributed by atoms with Gasteiger partial charge in [-0.25, -0.2) is 8.78 Å². The Morgan fingerprint density at radius 3 is 2.48 bits per heavy atom. The van der Waals surface area contributed by atoms with Crippen LogP contribution < -0.4 is 11.1 Å². The SMILES string of the molecule is Cc1ccc(F)c(C(=O)Nc2c(C)cc(Br)cc2N)c1F. The molecule has 0 heterocycles. The van der Waals surface area contributed by atoms with E-state index in [1.807, 2.05) is 0 Å². The highest BCUT2D eigenvalue weighted by molar-refractivity contribution is 9.10. The lowest BCUT2D eigenvalue weighted by atomic mass is 10.1. The van der Waals surface area contributed by atoms with Gasteiger partial charge in [-0.05, 0) is 43.2 Å². The highest BCUT2D eigenvalue weighted by atomic mass is 79.9. The molecule has 2 aromatic carbocycles. The minimum atomic E-state index is -0.913. The van der Waals surface area contributed by atoms with Gasteiger partial charge in [0, 0.05) is 4.47 Å². The molecule has 2 rings (SSSR count). The fourth-order valence-corrected chi connectivity index (χ4v) is 2.57. The second-order valence-electron chi connectivity index (χ2n) is 4.69. The molecule has 0 aliphatic heterocycles. The third kappa shape index (κ3) is 3.05. The van der Waals surface area contributed by atoms with E-state index in [2.05, 4.69) is 21.2 Å². The molecule has 110 valence electrons. The van der Waals surface area contributed by atoms with E-state index in [1.54, 1.807) is 19.1 Å². The van der Waals surface area contributed by atoms with Gasteiger partial charge in [-0.15, -0.1) is 0 Å². The Morgan fingerprint density at radius 2 is 1.86 bits per heavy atom. The van der Waals surface area contributed by atoms with Crippen LogP contribution in [0.25, 0.3) is 0 Å². The van der Waals surface area contributed by atoms with Crippen molar-refractivity contribution in [3.8, 4) is 0 Å². The molecule has 1 amide bonds. The van der Waals surface area contributed by atoms with Gasteiger partial charge in [-0.2, -0.15) is 0 Å². The number of amides is 1. The summed E-state index contributed by atoms with van der Waals surface area (Å²) in [5.74, 6) is -2.66. The molecule has 21 heavy (non-hydrogen) atoms. The molecule has 6 heteroatoms. The van der Waals surface area contributed by atoms with Crippen LogP contribution in [0.2, 0.25) is 0 Å². The molecule has 0 saturated heterocycles. The van der Waals surface area contributed by atoms with Crippen molar-refractivity contribution >= 4 is 33.2 Å². The van der Waals surface area contributed by atoms with Crippen LogP contribution in [0.4, 0.5) is 20.2 Å². The van der Waals surface area contributed by atoms with Crippen LogP contribution in [0.15, 0.2) is 28.7 Å². The van der Waals surface area contributed by atoms with Gasteiger partial charge in [-0.3, -0.25) is 4.79 Å². The maximum Gasteiger partial charge on any atom is 0.261 e. The number of hydrogen-bond donors (Lipinski definition) is 2. The van der Waals surface area contributed by atoms with Gasteiger partial charge < -0.3 is 11.1 Å². The molecule has 0 atom stereocenters. The standard InChI is InChI=1S/C15H13BrF2N2O/c1-7-3-4-10(17)12(13(7)18)15(21)20-14-8(2)5-9(16)6-11(14)19/h3-6H,19H2,1-2H3,(H,20,21). The monoisotopic (exact) mass is 354 g/mol. The summed E-state index contributed by atoms with van der Waals surface area (Å²) in [7, 11) is 0. The molecule has 0 aliphatic rings. The van der Waals surface area contributed by atoms with Gasteiger partial charge >= 0.3 is 0 Å². The molecule has 0 radical (unpaired) electrons. The number of nitrogens with one attached hydrogen (secondary N) is 1. The predicted molar refractivity (Wildman–Crippen MR) is 82.3 cm³/mol. The minimum absolute atomic E-state index is 0.196. The van der Waals surface area contributed by atoms with E-state index in [1.165, 1.54) is 13.0 Å². The fourth-order valence-electron chi connectivity index (χ4n) is 1.98. The highest BCUT2D eigenvalue weighted by Crippen LogP contribution is 2.29. The number of benzene rings is 2. The van der Waals surface area contributed by atoms with E-state index < -0.39 is 23.1 Å². The number of anilines is 2. The van der Waals surface area contributed by atoms with E-state index in [0.717, 1.165) is 10.5 Å². The molecular weight excluding hydrogens is 342 g/mol. The van der Waals surface area contributed by atoms with Crippen LogP contribution in [0.1, 0.15) is 21.5 Å².